The van der Waals surface area contributed by atoms with Crippen LogP contribution in [0.15, 0.2) is 48.5 Å². The lowest BCUT2D eigenvalue weighted by Gasteiger charge is -2.19. The Morgan fingerprint density at radius 2 is 1.91 bits per heavy atom. The van der Waals surface area contributed by atoms with Crippen LogP contribution in [-0.4, -0.2) is 59.6 Å². The van der Waals surface area contributed by atoms with E-state index in [2.05, 4.69) is 15.0 Å². The molecule has 0 saturated carbocycles. The Labute approximate surface area is 194 Å². The molecule has 2 unspecified atom stereocenters. The summed E-state index contributed by atoms with van der Waals surface area (Å²) in [6.07, 6.45) is -4.97. The van der Waals surface area contributed by atoms with Crippen LogP contribution in [0.2, 0.25) is 0 Å². The molecule has 1 aliphatic rings. The number of aromatic nitrogens is 1. The number of fused-ring (bicyclic) bond motifs is 1. The number of carbonyl (C=O) groups is 1. The van der Waals surface area contributed by atoms with Gasteiger partial charge in [0.15, 0.2) is 0 Å². The van der Waals surface area contributed by atoms with Gasteiger partial charge in [-0.05, 0) is 54.4 Å². The number of hydrogen-bond acceptors (Lipinski definition) is 6. The Morgan fingerprint density at radius 3 is 2.59 bits per heavy atom. The first-order valence-corrected chi connectivity index (χ1v) is 10.6. The zero-order valence-corrected chi connectivity index (χ0v) is 18.6. The molecule has 1 fully saturated rings. The van der Waals surface area contributed by atoms with E-state index in [1.54, 1.807) is 30.2 Å². The summed E-state index contributed by atoms with van der Waals surface area (Å²) < 4.78 is 46.4. The number of likely N-dealkylation sites (tertiary alicyclic amines) is 1. The van der Waals surface area contributed by atoms with Crippen molar-refractivity contribution < 1.29 is 32.5 Å². The molecule has 4 rings (SSSR count). The first kappa shape index (κ1) is 23.6. The van der Waals surface area contributed by atoms with Gasteiger partial charge in [-0.25, -0.2) is 4.98 Å². The van der Waals surface area contributed by atoms with Gasteiger partial charge in [0.25, 0.3) is 0 Å². The third kappa shape index (κ3) is 5.51. The number of hydrogen-bond donors (Lipinski definition) is 2. The molecule has 0 aliphatic carbocycles. The fourth-order valence-electron chi connectivity index (χ4n) is 4.10. The molecule has 0 radical (unpaired) electrons. The van der Waals surface area contributed by atoms with E-state index in [1.165, 1.54) is 24.3 Å². The molecule has 1 aromatic heterocycles. The number of benzene rings is 2. The summed E-state index contributed by atoms with van der Waals surface area (Å²) in [7, 11) is 1.58. The molecule has 1 amide bonds. The van der Waals surface area contributed by atoms with Gasteiger partial charge in [0.05, 0.1) is 24.1 Å². The highest BCUT2D eigenvalue weighted by molar-refractivity contribution is 5.85. The van der Waals surface area contributed by atoms with E-state index >= 15 is 0 Å². The highest BCUT2D eigenvalue weighted by Crippen LogP contribution is 2.26. The number of nitrogens with zero attached hydrogens (tertiary/aromatic N) is 2. The summed E-state index contributed by atoms with van der Waals surface area (Å²) in [5.74, 6) is 0.318. The normalized spacial score (nSPS) is 18.3. The molecule has 34 heavy (non-hydrogen) atoms. The molecule has 10 heteroatoms. The lowest BCUT2D eigenvalue weighted by atomic mass is 10.1. The van der Waals surface area contributed by atoms with Gasteiger partial charge in [0.2, 0.25) is 5.91 Å². The van der Waals surface area contributed by atoms with Crippen LogP contribution in [0.25, 0.3) is 10.9 Å². The van der Waals surface area contributed by atoms with Crippen LogP contribution >= 0.6 is 0 Å². The van der Waals surface area contributed by atoms with Crippen LogP contribution in [0.4, 0.5) is 19.0 Å². The van der Waals surface area contributed by atoms with Gasteiger partial charge in [0.1, 0.15) is 17.3 Å². The zero-order valence-electron chi connectivity index (χ0n) is 18.6. The lowest BCUT2D eigenvalue weighted by Crippen LogP contribution is -2.34. The predicted octanol–water partition coefficient (Wildman–Crippen LogP) is 4.03. The van der Waals surface area contributed by atoms with Crippen molar-refractivity contribution in [3.63, 3.8) is 0 Å². The van der Waals surface area contributed by atoms with Gasteiger partial charge < -0.3 is 24.8 Å². The van der Waals surface area contributed by atoms with Gasteiger partial charge in [-0.15, -0.1) is 13.2 Å². The zero-order chi connectivity index (χ0) is 24.5. The van der Waals surface area contributed by atoms with E-state index in [9.17, 15) is 23.1 Å². The van der Waals surface area contributed by atoms with Crippen LogP contribution < -0.4 is 10.1 Å². The van der Waals surface area contributed by atoms with E-state index in [0.29, 0.717) is 24.5 Å². The average Bonchev–Trinajstić information content (AvgIpc) is 3.17. The standard InChI is InChI=1S/C24H24F3N3O4/c1-14-9-22(28-19-8-5-16(31)11-18(14)19)29-20-12-30(13-21(20)33-2)23(32)10-15-3-6-17(7-4-15)34-24(25,26)27/h3-9,11,20-21,31H,10,12-13H2,1-2H3,(H,28,29). The lowest BCUT2D eigenvalue weighted by molar-refractivity contribution is -0.274. The molecule has 7 nitrogen and oxygen atoms in total. The van der Waals surface area contributed by atoms with Crippen molar-refractivity contribution in [2.24, 2.45) is 0 Å². The van der Waals surface area contributed by atoms with Crippen molar-refractivity contribution >= 4 is 22.6 Å². The van der Waals surface area contributed by atoms with Gasteiger partial charge in [-0.2, -0.15) is 0 Å². The van der Waals surface area contributed by atoms with Crippen molar-refractivity contribution in [3.8, 4) is 11.5 Å². The number of carbonyl (C=O) groups excluding carboxylic acids is 1. The van der Waals surface area contributed by atoms with Crippen molar-refractivity contribution in [1.82, 2.24) is 9.88 Å². The molecule has 0 spiro atoms. The minimum atomic E-state index is -4.76. The van der Waals surface area contributed by atoms with Crippen molar-refractivity contribution in [2.45, 2.75) is 31.9 Å². The first-order valence-electron chi connectivity index (χ1n) is 10.6. The molecule has 1 saturated heterocycles. The van der Waals surface area contributed by atoms with Crippen LogP contribution in [0.1, 0.15) is 11.1 Å². The van der Waals surface area contributed by atoms with Crippen LogP contribution in [0.3, 0.4) is 0 Å². The second-order valence-electron chi connectivity index (χ2n) is 8.22. The monoisotopic (exact) mass is 475 g/mol. The molecule has 2 heterocycles. The predicted molar refractivity (Wildman–Crippen MR) is 120 cm³/mol. The molecule has 2 aromatic carbocycles. The Morgan fingerprint density at radius 1 is 1.18 bits per heavy atom. The number of halogens is 3. The van der Waals surface area contributed by atoms with Crippen LogP contribution in [0, 0.1) is 6.92 Å². The third-order valence-electron chi connectivity index (χ3n) is 5.77. The molecular weight excluding hydrogens is 451 g/mol. The number of pyridine rings is 1. The molecule has 0 bridgehead atoms. The van der Waals surface area contributed by atoms with Crippen LogP contribution in [0.5, 0.6) is 11.5 Å². The summed E-state index contributed by atoms with van der Waals surface area (Å²) >= 11 is 0. The Hall–Kier alpha value is -3.53. The largest absolute Gasteiger partial charge is 0.573 e. The Balaban J connectivity index is 1.42. The second-order valence-corrected chi connectivity index (χ2v) is 8.22. The number of aryl methyl sites for hydroxylation is 1. The molecular formula is C24H24F3N3O4. The number of nitrogens with one attached hydrogen (secondary N) is 1. The van der Waals surface area contributed by atoms with Gasteiger partial charge >= 0.3 is 6.36 Å². The second kappa shape index (κ2) is 9.38. The number of anilines is 1. The first-order chi connectivity index (χ1) is 16.1. The van der Waals surface area contributed by atoms with Gasteiger partial charge in [-0.1, -0.05) is 12.1 Å². The number of rotatable bonds is 6. The molecule has 3 aromatic rings. The topological polar surface area (TPSA) is 83.9 Å². The quantitative estimate of drug-likeness (QED) is 0.560. The summed E-state index contributed by atoms with van der Waals surface area (Å²) in [5, 5.41) is 13.9. The fourth-order valence-corrected chi connectivity index (χ4v) is 4.10. The molecule has 1 aliphatic heterocycles. The fraction of sp³-hybridized carbons (Fsp3) is 0.333. The summed E-state index contributed by atoms with van der Waals surface area (Å²) in [6.45, 7) is 2.70. The van der Waals surface area contributed by atoms with Gasteiger partial charge in [-0.3, -0.25) is 4.79 Å². The van der Waals surface area contributed by atoms with E-state index < -0.39 is 6.36 Å². The number of methoxy groups -OCH3 is 1. The van der Waals surface area contributed by atoms with Crippen molar-refractivity contribution in [3.05, 3.63) is 59.7 Å². The van der Waals surface area contributed by atoms with Crippen molar-refractivity contribution in [2.75, 3.05) is 25.5 Å². The summed E-state index contributed by atoms with van der Waals surface area (Å²) in [6, 6.07) is 11.9. The smallest absolute Gasteiger partial charge is 0.508 e. The number of phenols is 1. The Bertz CT molecular complexity index is 1180. The number of aromatic hydroxyl groups is 1. The molecule has 180 valence electrons. The maximum absolute atomic E-state index is 12.8. The SMILES string of the molecule is COC1CN(C(=O)Cc2ccc(OC(F)(F)F)cc2)CC1Nc1cc(C)c2cc(O)ccc2n1. The minimum absolute atomic E-state index is 0.0479. The van der Waals surface area contributed by atoms with Crippen molar-refractivity contribution in [1.29, 1.82) is 0 Å². The molecule has 2 N–H and O–H groups in total. The average molecular weight is 475 g/mol. The maximum atomic E-state index is 12.8. The Kier molecular flexibility index (Phi) is 6.52. The van der Waals surface area contributed by atoms with Gasteiger partial charge in [0, 0.05) is 25.6 Å². The maximum Gasteiger partial charge on any atom is 0.573 e. The number of amides is 1. The highest BCUT2D eigenvalue weighted by Gasteiger charge is 2.36. The summed E-state index contributed by atoms with van der Waals surface area (Å²) in [4.78, 5) is 19.1. The summed E-state index contributed by atoms with van der Waals surface area (Å²) in [5.41, 5.74) is 2.26. The number of ether oxygens (including phenoxy) is 2. The van der Waals surface area contributed by atoms with E-state index in [4.69, 9.17) is 4.74 Å². The minimum Gasteiger partial charge on any atom is -0.508 e. The van der Waals surface area contributed by atoms with E-state index in [0.717, 1.165) is 16.5 Å². The van der Waals surface area contributed by atoms with Crippen LogP contribution in [-0.2, 0) is 16.0 Å². The third-order valence-corrected chi connectivity index (χ3v) is 5.77. The number of alkyl halides is 3. The van der Waals surface area contributed by atoms with E-state index in [1.807, 2.05) is 13.0 Å². The highest BCUT2D eigenvalue weighted by atomic mass is 19.4. The van der Waals surface area contributed by atoms with E-state index in [-0.39, 0.29) is 36.0 Å². The number of phenolic OH excluding ortho intramolecular Hbond substituents is 1. The molecule has 2 atom stereocenters.